The van der Waals surface area contributed by atoms with E-state index in [1.807, 2.05) is 18.7 Å². The molecule has 0 unspecified atom stereocenters. The van der Waals surface area contributed by atoms with E-state index >= 15 is 0 Å². The SMILES string of the molecule is Cc1nn(C)c(N(CCC(C)C)C2CCCC2)c1C(N)=S. The van der Waals surface area contributed by atoms with E-state index in [0.29, 0.717) is 16.9 Å². The molecule has 1 aliphatic rings. The van der Waals surface area contributed by atoms with E-state index in [1.54, 1.807) is 0 Å². The summed E-state index contributed by atoms with van der Waals surface area (Å²) in [4.78, 5) is 2.98. The summed E-state index contributed by atoms with van der Waals surface area (Å²) >= 11 is 5.28. The van der Waals surface area contributed by atoms with Crippen LogP contribution in [0.5, 0.6) is 0 Å². The van der Waals surface area contributed by atoms with E-state index in [0.717, 1.165) is 23.6 Å². The molecule has 0 saturated heterocycles. The Labute approximate surface area is 133 Å². The minimum atomic E-state index is 0.461. The van der Waals surface area contributed by atoms with Gasteiger partial charge in [0.15, 0.2) is 0 Å². The van der Waals surface area contributed by atoms with Crippen LogP contribution in [0.1, 0.15) is 57.2 Å². The molecule has 1 aliphatic carbocycles. The van der Waals surface area contributed by atoms with Crippen molar-refractivity contribution in [3.8, 4) is 0 Å². The molecule has 0 spiro atoms. The average Bonchev–Trinajstić information content (AvgIpc) is 2.98. The Morgan fingerprint density at radius 1 is 1.43 bits per heavy atom. The van der Waals surface area contributed by atoms with Crippen LogP contribution in [-0.2, 0) is 7.05 Å². The second-order valence-electron chi connectivity index (χ2n) is 6.59. The van der Waals surface area contributed by atoms with Crippen molar-refractivity contribution < 1.29 is 0 Å². The first-order chi connectivity index (χ1) is 9.91. The lowest BCUT2D eigenvalue weighted by Crippen LogP contribution is -2.37. The topological polar surface area (TPSA) is 47.1 Å². The van der Waals surface area contributed by atoms with Gasteiger partial charge in [-0.25, -0.2) is 0 Å². The largest absolute Gasteiger partial charge is 0.389 e. The van der Waals surface area contributed by atoms with Crippen LogP contribution >= 0.6 is 12.2 Å². The summed E-state index contributed by atoms with van der Waals surface area (Å²) in [5, 5.41) is 4.56. The number of aromatic nitrogens is 2. The van der Waals surface area contributed by atoms with Crippen molar-refractivity contribution in [1.82, 2.24) is 9.78 Å². The first-order valence-electron chi connectivity index (χ1n) is 8.01. The molecular formula is C16H28N4S. The zero-order valence-electron chi connectivity index (χ0n) is 13.7. The summed E-state index contributed by atoms with van der Waals surface area (Å²) in [5.41, 5.74) is 7.87. The van der Waals surface area contributed by atoms with E-state index in [1.165, 1.54) is 32.1 Å². The second-order valence-corrected chi connectivity index (χ2v) is 7.03. The maximum Gasteiger partial charge on any atom is 0.137 e. The Morgan fingerprint density at radius 3 is 2.57 bits per heavy atom. The highest BCUT2D eigenvalue weighted by molar-refractivity contribution is 7.80. The number of nitrogens with two attached hydrogens (primary N) is 1. The molecule has 5 heteroatoms. The minimum Gasteiger partial charge on any atom is -0.389 e. The number of anilines is 1. The van der Waals surface area contributed by atoms with Gasteiger partial charge in [0.25, 0.3) is 0 Å². The van der Waals surface area contributed by atoms with Crippen molar-refractivity contribution >= 4 is 23.0 Å². The molecule has 0 atom stereocenters. The van der Waals surface area contributed by atoms with E-state index < -0.39 is 0 Å². The van der Waals surface area contributed by atoms with Gasteiger partial charge in [-0.15, -0.1) is 0 Å². The van der Waals surface area contributed by atoms with Gasteiger partial charge in [0.1, 0.15) is 10.8 Å². The van der Waals surface area contributed by atoms with Crippen LogP contribution in [0.15, 0.2) is 0 Å². The van der Waals surface area contributed by atoms with Gasteiger partial charge in [-0.1, -0.05) is 38.9 Å². The van der Waals surface area contributed by atoms with Crippen LogP contribution in [0.2, 0.25) is 0 Å². The third kappa shape index (κ3) is 3.57. The Balaban J connectivity index is 2.37. The Morgan fingerprint density at radius 2 is 2.05 bits per heavy atom. The molecule has 1 saturated carbocycles. The van der Waals surface area contributed by atoms with Gasteiger partial charge in [0, 0.05) is 19.6 Å². The predicted molar refractivity (Wildman–Crippen MR) is 92.9 cm³/mol. The molecule has 0 aromatic carbocycles. The smallest absolute Gasteiger partial charge is 0.137 e. The van der Waals surface area contributed by atoms with Crippen LogP contribution < -0.4 is 10.6 Å². The zero-order chi connectivity index (χ0) is 15.6. The lowest BCUT2D eigenvalue weighted by atomic mass is 10.1. The second kappa shape index (κ2) is 6.77. The minimum absolute atomic E-state index is 0.461. The molecule has 0 radical (unpaired) electrons. The van der Waals surface area contributed by atoms with Gasteiger partial charge >= 0.3 is 0 Å². The van der Waals surface area contributed by atoms with Gasteiger partial charge in [0.2, 0.25) is 0 Å². The van der Waals surface area contributed by atoms with Gasteiger partial charge in [0.05, 0.1) is 11.3 Å². The maximum atomic E-state index is 5.97. The van der Waals surface area contributed by atoms with Gasteiger partial charge < -0.3 is 10.6 Å². The zero-order valence-corrected chi connectivity index (χ0v) is 14.5. The number of aryl methyl sites for hydroxylation is 2. The molecule has 0 amide bonds. The maximum absolute atomic E-state index is 5.97. The number of hydrogen-bond acceptors (Lipinski definition) is 3. The van der Waals surface area contributed by atoms with E-state index in [4.69, 9.17) is 18.0 Å². The summed E-state index contributed by atoms with van der Waals surface area (Å²) in [7, 11) is 2.00. The number of rotatable bonds is 6. The van der Waals surface area contributed by atoms with Crippen LogP contribution in [0.4, 0.5) is 5.82 Å². The van der Waals surface area contributed by atoms with E-state index in [9.17, 15) is 0 Å². The fourth-order valence-electron chi connectivity index (χ4n) is 3.34. The van der Waals surface area contributed by atoms with Crippen molar-refractivity contribution in [2.24, 2.45) is 18.7 Å². The third-order valence-electron chi connectivity index (χ3n) is 4.42. The standard InChI is InChI=1S/C16H28N4S/c1-11(2)9-10-20(13-7-5-6-8-13)16-14(15(17)21)12(3)18-19(16)4/h11,13H,5-10H2,1-4H3,(H2,17,21). The molecule has 1 aromatic rings. The normalized spacial score (nSPS) is 15.9. The molecule has 2 rings (SSSR count). The first-order valence-corrected chi connectivity index (χ1v) is 8.42. The number of thiocarbonyl (C=S) groups is 1. The highest BCUT2D eigenvalue weighted by Gasteiger charge is 2.28. The van der Waals surface area contributed by atoms with Crippen molar-refractivity contribution in [2.75, 3.05) is 11.4 Å². The fraction of sp³-hybridized carbons (Fsp3) is 0.750. The van der Waals surface area contributed by atoms with Crippen LogP contribution in [-0.4, -0.2) is 27.4 Å². The predicted octanol–water partition coefficient (Wildman–Crippen LogP) is 3.16. The summed E-state index contributed by atoms with van der Waals surface area (Å²) in [6.45, 7) is 7.59. The summed E-state index contributed by atoms with van der Waals surface area (Å²) in [6.07, 6.45) is 6.35. The summed E-state index contributed by atoms with van der Waals surface area (Å²) in [5.74, 6) is 1.81. The average molecular weight is 308 g/mol. The Bertz CT molecular complexity index is 501. The molecule has 1 aromatic heterocycles. The number of nitrogens with zero attached hydrogens (tertiary/aromatic N) is 3. The molecular weight excluding hydrogens is 280 g/mol. The van der Waals surface area contributed by atoms with Crippen molar-refractivity contribution in [3.05, 3.63) is 11.3 Å². The monoisotopic (exact) mass is 308 g/mol. The highest BCUT2D eigenvalue weighted by atomic mass is 32.1. The quantitative estimate of drug-likeness (QED) is 0.820. The third-order valence-corrected chi connectivity index (χ3v) is 4.63. The molecule has 1 heterocycles. The molecule has 118 valence electrons. The molecule has 1 fully saturated rings. The van der Waals surface area contributed by atoms with Crippen molar-refractivity contribution in [3.63, 3.8) is 0 Å². The van der Waals surface area contributed by atoms with Crippen LogP contribution in [0.25, 0.3) is 0 Å². The van der Waals surface area contributed by atoms with E-state index in [-0.39, 0.29) is 0 Å². The lowest BCUT2D eigenvalue weighted by Gasteiger charge is -2.32. The first kappa shape index (κ1) is 16.3. The lowest BCUT2D eigenvalue weighted by molar-refractivity contribution is 0.516. The molecule has 0 bridgehead atoms. The van der Waals surface area contributed by atoms with Crippen molar-refractivity contribution in [1.29, 1.82) is 0 Å². The fourth-order valence-corrected chi connectivity index (χ4v) is 3.58. The summed E-state index contributed by atoms with van der Waals surface area (Å²) < 4.78 is 1.96. The molecule has 4 nitrogen and oxygen atoms in total. The Hall–Kier alpha value is -1.10. The highest BCUT2D eigenvalue weighted by Crippen LogP contribution is 2.32. The van der Waals surface area contributed by atoms with Crippen LogP contribution in [0, 0.1) is 12.8 Å². The molecule has 2 N–H and O–H groups in total. The summed E-state index contributed by atoms with van der Waals surface area (Å²) in [6, 6.07) is 0.603. The van der Waals surface area contributed by atoms with Gasteiger partial charge in [-0.2, -0.15) is 5.10 Å². The van der Waals surface area contributed by atoms with E-state index in [2.05, 4.69) is 23.8 Å². The molecule has 0 aliphatic heterocycles. The van der Waals surface area contributed by atoms with Gasteiger partial charge in [-0.3, -0.25) is 4.68 Å². The van der Waals surface area contributed by atoms with Crippen molar-refractivity contribution in [2.45, 2.75) is 58.9 Å². The Kier molecular flexibility index (Phi) is 5.25. The van der Waals surface area contributed by atoms with Crippen LogP contribution in [0.3, 0.4) is 0 Å². The van der Waals surface area contributed by atoms with Gasteiger partial charge in [-0.05, 0) is 32.1 Å². The number of hydrogen-bond donors (Lipinski definition) is 1. The molecule has 21 heavy (non-hydrogen) atoms.